The average Bonchev–Trinajstić information content (AvgIpc) is 2.51. The summed E-state index contributed by atoms with van der Waals surface area (Å²) in [5.41, 5.74) is 7.26. The normalized spacial score (nSPS) is 18.2. The van der Waals surface area contributed by atoms with Crippen LogP contribution in [0.5, 0.6) is 5.75 Å². The molecular formula is C16H26N2O2. The van der Waals surface area contributed by atoms with Gasteiger partial charge >= 0.3 is 0 Å². The van der Waals surface area contributed by atoms with Gasteiger partial charge in [0, 0.05) is 31.8 Å². The minimum atomic E-state index is 0.258. The molecule has 1 atom stereocenters. The van der Waals surface area contributed by atoms with Gasteiger partial charge in [0.05, 0.1) is 6.61 Å². The fraction of sp³-hybridized carbons (Fsp3) is 0.625. The van der Waals surface area contributed by atoms with Crippen molar-refractivity contribution < 1.29 is 9.47 Å². The Labute approximate surface area is 121 Å². The van der Waals surface area contributed by atoms with Crippen molar-refractivity contribution in [2.75, 3.05) is 33.4 Å². The van der Waals surface area contributed by atoms with Crippen molar-refractivity contribution in [3.8, 4) is 5.75 Å². The lowest BCUT2D eigenvalue weighted by Gasteiger charge is -2.37. The van der Waals surface area contributed by atoms with E-state index >= 15 is 0 Å². The van der Waals surface area contributed by atoms with Gasteiger partial charge in [0.2, 0.25) is 0 Å². The highest BCUT2D eigenvalue weighted by Crippen LogP contribution is 2.26. The summed E-state index contributed by atoms with van der Waals surface area (Å²) in [5, 5.41) is 0. The fourth-order valence-electron chi connectivity index (χ4n) is 2.84. The smallest absolute Gasteiger partial charge is 0.119 e. The molecule has 2 N–H and O–H groups in total. The largest absolute Gasteiger partial charge is 0.494 e. The topological polar surface area (TPSA) is 47.7 Å². The molecule has 1 aromatic rings. The number of hydrogen-bond donors (Lipinski definition) is 1. The van der Waals surface area contributed by atoms with Crippen LogP contribution < -0.4 is 10.5 Å². The van der Waals surface area contributed by atoms with Crippen LogP contribution in [0, 0.1) is 0 Å². The highest BCUT2D eigenvalue weighted by molar-refractivity contribution is 5.29. The highest BCUT2D eigenvalue weighted by atomic mass is 16.5. The van der Waals surface area contributed by atoms with Crippen LogP contribution in [0.3, 0.4) is 0 Å². The van der Waals surface area contributed by atoms with E-state index in [0.717, 1.165) is 31.8 Å². The number of likely N-dealkylation sites (N-methyl/N-ethyl adjacent to an activating group) is 1. The number of nitrogens with two attached hydrogens (primary N) is 1. The summed E-state index contributed by atoms with van der Waals surface area (Å²) < 4.78 is 10.9. The van der Waals surface area contributed by atoms with Crippen LogP contribution in [0.15, 0.2) is 24.3 Å². The molecule has 4 heteroatoms. The van der Waals surface area contributed by atoms with Crippen LogP contribution >= 0.6 is 0 Å². The van der Waals surface area contributed by atoms with Crippen molar-refractivity contribution in [2.24, 2.45) is 5.73 Å². The summed E-state index contributed by atoms with van der Waals surface area (Å²) in [5.74, 6) is 0.917. The number of hydrogen-bond acceptors (Lipinski definition) is 4. The molecule has 0 radical (unpaired) electrons. The summed E-state index contributed by atoms with van der Waals surface area (Å²) in [7, 11) is 2.17. The zero-order valence-electron chi connectivity index (χ0n) is 12.5. The van der Waals surface area contributed by atoms with Crippen LogP contribution in [-0.4, -0.2) is 44.4 Å². The van der Waals surface area contributed by atoms with Crippen molar-refractivity contribution in [1.29, 1.82) is 0 Å². The molecule has 1 fully saturated rings. The average molecular weight is 278 g/mol. The van der Waals surface area contributed by atoms with E-state index in [4.69, 9.17) is 15.2 Å². The molecule has 0 amide bonds. The Hall–Kier alpha value is -1.10. The molecule has 1 aliphatic rings. The molecule has 2 rings (SSSR count). The molecular weight excluding hydrogens is 252 g/mol. The number of rotatable bonds is 6. The van der Waals surface area contributed by atoms with Crippen molar-refractivity contribution >= 4 is 0 Å². The molecule has 0 bridgehead atoms. The summed E-state index contributed by atoms with van der Waals surface area (Å²) in [6.45, 7) is 5.03. The molecule has 0 spiro atoms. The SMILES string of the molecule is CCOc1ccc(C(CN)N(C)C2CCOCC2)cc1. The van der Waals surface area contributed by atoms with Crippen LogP contribution in [0.1, 0.15) is 31.4 Å². The second-order valence-electron chi connectivity index (χ2n) is 5.26. The maximum Gasteiger partial charge on any atom is 0.119 e. The second-order valence-corrected chi connectivity index (χ2v) is 5.26. The first-order valence-corrected chi connectivity index (χ1v) is 7.48. The Bertz CT molecular complexity index is 388. The van der Waals surface area contributed by atoms with E-state index in [0.29, 0.717) is 19.2 Å². The molecule has 1 saturated heterocycles. The zero-order chi connectivity index (χ0) is 14.4. The number of ether oxygens (including phenoxy) is 2. The van der Waals surface area contributed by atoms with Gasteiger partial charge in [0.1, 0.15) is 5.75 Å². The lowest BCUT2D eigenvalue weighted by atomic mass is 10.0. The van der Waals surface area contributed by atoms with Gasteiger partial charge in [-0.1, -0.05) is 12.1 Å². The molecule has 4 nitrogen and oxygen atoms in total. The molecule has 20 heavy (non-hydrogen) atoms. The summed E-state index contributed by atoms with van der Waals surface area (Å²) in [4.78, 5) is 2.40. The van der Waals surface area contributed by atoms with Gasteiger partial charge in [0.15, 0.2) is 0 Å². The van der Waals surface area contributed by atoms with Crippen molar-refractivity contribution in [3.63, 3.8) is 0 Å². The Kier molecular flexibility index (Phi) is 5.83. The van der Waals surface area contributed by atoms with Crippen LogP contribution in [-0.2, 0) is 4.74 Å². The third-order valence-electron chi connectivity index (χ3n) is 4.06. The van der Waals surface area contributed by atoms with E-state index in [-0.39, 0.29) is 6.04 Å². The predicted molar refractivity (Wildman–Crippen MR) is 81.0 cm³/mol. The van der Waals surface area contributed by atoms with E-state index in [1.165, 1.54) is 5.56 Å². The molecule has 1 heterocycles. The van der Waals surface area contributed by atoms with Gasteiger partial charge in [-0.05, 0) is 44.5 Å². The molecule has 112 valence electrons. The molecule has 0 saturated carbocycles. The van der Waals surface area contributed by atoms with Crippen molar-refractivity contribution in [3.05, 3.63) is 29.8 Å². The van der Waals surface area contributed by atoms with Crippen molar-refractivity contribution in [1.82, 2.24) is 4.90 Å². The Balaban J connectivity index is 2.05. The van der Waals surface area contributed by atoms with Crippen LogP contribution in [0.25, 0.3) is 0 Å². The Morgan fingerprint density at radius 1 is 1.30 bits per heavy atom. The van der Waals surface area contributed by atoms with E-state index in [9.17, 15) is 0 Å². The van der Waals surface area contributed by atoms with Gasteiger partial charge in [-0.15, -0.1) is 0 Å². The molecule has 1 unspecified atom stereocenters. The lowest BCUT2D eigenvalue weighted by Crippen LogP contribution is -2.41. The van der Waals surface area contributed by atoms with Crippen molar-refractivity contribution in [2.45, 2.75) is 31.8 Å². The molecule has 1 aliphatic heterocycles. The summed E-state index contributed by atoms with van der Waals surface area (Å²) in [6.07, 6.45) is 2.17. The number of benzene rings is 1. The summed E-state index contributed by atoms with van der Waals surface area (Å²) >= 11 is 0. The minimum Gasteiger partial charge on any atom is -0.494 e. The van der Waals surface area contributed by atoms with Gasteiger partial charge < -0.3 is 15.2 Å². The van der Waals surface area contributed by atoms with E-state index in [2.05, 4.69) is 24.1 Å². The van der Waals surface area contributed by atoms with Gasteiger partial charge in [0.25, 0.3) is 0 Å². The van der Waals surface area contributed by atoms with Crippen LogP contribution in [0.4, 0.5) is 0 Å². The maximum atomic E-state index is 6.00. The standard InChI is InChI=1S/C16H26N2O2/c1-3-20-15-6-4-13(5-7-15)16(12-17)18(2)14-8-10-19-11-9-14/h4-7,14,16H,3,8-12,17H2,1-2H3. The molecule has 1 aromatic carbocycles. The number of nitrogens with zero attached hydrogens (tertiary/aromatic N) is 1. The highest BCUT2D eigenvalue weighted by Gasteiger charge is 2.25. The van der Waals surface area contributed by atoms with Gasteiger partial charge in [-0.25, -0.2) is 0 Å². The molecule has 0 aliphatic carbocycles. The maximum absolute atomic E-state index is 6.00. The predicted octanol–water partition coefficient (Wildman–Crippen LogP) is 2.20. The first-order valence-electron chi connectivity index (χ1n) is 7.48. The monoisotopic (exact) mass is 278 g/mol. The van der Waals surface area contributed by atoms with E-state index in [1.54, 1.807) is 0 Å². The third-order valence-corrected chi connectivity index (χ3v) is 4.06. The quantitative estimate of drug-likeness (QED) is 0.866. The van der Waals surface area contributed by atoms with E-state index in [1.807, 2.05) is 19.1 Å². The molecule has 0 aromatic heterocycles. The first-order chi connectivity index (χ1) is 9.76. The first kappa shape index (κ1) is 15.3. The minimum absolute atomic E-state index is 0.258. The van der Waals surface area contributed by atoms with E-state index < -0.39 is 0 Å². The Morgan fingerprint density at radius 2 is 1.95 bits per heavy atom. The van der Waals surface area contributed by atoms with Gasteiger partial charge in [-0.2, -0.15) is 0 Å². The summed E-state index contributed by atoms with van der Waals surface area (Å²) in [6, 6.07) is 9.12. The fourth-order valence-corrected chi connectivity index (χ4v) is 2.84. The second kappa shape index (κ2) is 7.62. The third kappa shape index (κ3) is 3.72. The zero-order valence-corrected chi connectivity index (χ0v) is 12.5. The van der Waals surface area contributed by atoms with Crippen LogP contribution in [0.2, 0.25) is 0 Å². The Morgan fingerprint density at radius 3 is 2.50 bits per heavy atom. The van der Waals surface area contributed by atoms with Gasteiger partial charge in [-0.3, -0.25) is 4.90 Å². The lowest BCUT2D eigenvalue weighted by molar-refractivity contribution is 0.0294.